The van der Waals surface area contributed by atoms with Crippen LogP contribution in [0.1, 0.15) is 18.2 Å². The van der Waals surface area contributed by atoms with Gasteiger partial charge in [-0.15, -0.1) is 0 Å². The van der Waals surface area contributed by atoms with Gasteiger partial charge in [0.2, 0.25) is 0 Å². The Hall–Kier alpha value is -1.38. The van der Waals surface area contributed by atoms with Crippen LogP contribution in [0.25, 0.3) is 10.9 Å². The first kappa shape index (κ1) is 11.1. The van der Waals surface area contributed by atoms with Crippen LogP contribution in [0.5, 0.6) is 0 Å². The summed E-state index contributed by atoms with van der Waals surface area (Å²) in [7, 11) is 0. The Morgan fingerprint density at radius 1 is 1.31 bits per heavy atom. The van der Waals surface area contributed by atoms with Crippen LogP contribution >= 0.6 is 0 Å². The Labute approximate surface area is 95.8 Å². The number of para-hydroxylation sites is 1. The summed E-state index contributed by atoms with van der Waals surface area (Å²) in [5.74, 6) is 0. The maximum Gasteiger partial charge on any atom is 0.352 e. The summed E-state index contributed by atoms with van der Waals surface area (Å²) in [5.41, 5.74) is 2.94. The van der Waals surface area contributed by atoms with Crippen molar-refractivity contribution in [2.45, 2.75) is 26.5 Å². The molecule has 0 saturated carbocycles. The molecule has 0 amide bonds. The fourth-order valence-electron chi connectivity index (χ4n) is 1.85. The van der Waals surface area contributed by atoms with Crippen LogP contribution < -0.4 is 0 Å². The van der Waals surface area contributed by atoms with E-state index in [1.54, 1.807) is 0 Å². The van der Waals surface area contributed by atoms with Gasteiger partial charge in [0.25, 0.3) is 0 Å². The van der Waals surface area contributed by atoms with Crippen LogP contribution in [0.3, 0.4) is 0 Å². The van der Waals surface area contributed by atoms with Gasteiger partial charge in [-0.25, -0.2) is 0 Å². The zero-order chi connectivity index (χ0) is 11.5. The van der Waals surface area contributed by atoms with Gasteiger partial charge in [0.1, 0.15) is 0 Å². The van der Waals surface area contributed by atoms with Gasteiger partial charge in [0.15, 0.2) is 0 Å². The van der Waals surface area contributed by atoms with Crippen molar-refractivity contribution in [3.8, 4) is 0 Å². The molecule has 0 fully saturated rings. The number of fused-ring (bicyclic) bond motifs is 1. The molecule has 0 radical (unpaired) electrons. The second kappa shape index (κ2) is 4.64. The van der Waals surface area contributed by atoms with Crippen LogP contribution in [0.4, 0.5) is 4.32 Å². The normalized spacial score (nSPS) is 10.7. The van der Waals surface area contributed by atoms with Crippen molar-refractivity contribution in [3.63, 3.8) is 0 Å². The van der Waals surface area contributed by atoms with Gasteiger partial charge < -0.3 is 4.32 Å². The molecule has 1 aromatic heterocycles. The Kier molecular flexibility index (Phi) is 3.23. The predicted molar refractivity (Wildman–Crippen MR) is 67.5 cm³/mol. The summed E-state index contributed by atoms with van der Waals surface area (Å²) >= 11 is 0. The van der Waals surface area contributed by atoms with Crippen LogP contribution in [0.2, 0.25) is 6.32 Å². The van der Waals surface area contributed by atoms with Crippen molar-refractivity contribution in [3.05, 3.63) is 41.6 Å². The molecule has 0 aliphatic heterocycles. The van der Waals surface area contributed by atoms with Crippen molar-refractivity contribution in [1.29, 1.82) is 0 Å². The standard InChI is InChI=1S/C13H15BFN/c1-3-14(15)9-12-8-11-6-4-5-7-13(11)16-10(12)2/h4-8H,3,9H2,1-2H3. The Balaban J connectivity index is 2.42. The SMILES string of the molecule is CCB(F)Cc1cc2ccccc2nc1C. The predicted octanol–water partition coefficient (Wildman–Crippen LogP) is 3.61. The molecule has 0 aliphatic rings. The number of rotatable bonds is 3. The largest absolute Gasteiger partial charge is 0.352 e. The molecular formula is C13H15BFN. The number of pyridine rings is 1. The van der Waals surface area contributed by atoms with E-state index in [1.807, 2.05) is 38.1 Å². The first-order valence-electron chi connectivity index (χ1n) is 5.70. The molecular weight excluding hydrogens is 200 g/mol. The van der Waals surface area contributed by atoms with Gasteiger partial charge in [-0.3, -0.25) is 4.98 Å². The minimum atomic E-state index is -0.762. The lowest BCUT2D eigenvalue weighted by Crippen LogP contribution is -2.10. The number of aromatic nitrogens is 1. The molecule has 16 heavy (non-hydrogen) atoms. The Morgan fingerprint density at radius 3 is 2.81 bits per heavy atom. The van der Waals surface area contributed by atoms with E-state index in [-0.39, 0.29) is 0 Å². The summed E-state index contributed by atoms with van der Waals surface area (Å²) in [6.07, 6.45) is 1.03. The van der Waals surface area contributed by atoms with Gasteiger partial charge in [-0.2, -0.15) is 0 Å². The van der Waals surface area contributed by atoms with E-state index in [9.17, 15) is 4.32 Å². The molecule has 3 heteroatoms. The number of nitrogens with zero attached hydrogens (tertiary/aromatic N) is 1. The third kappa shape index (κ3) is 2.24. The third-order valence-electron chi connectivity index (χ3n) is 2.90. The summed E-state index contributed by atoms with van der Waals surface area (Å²) < 4.78 is 13.4. The first-order valence-corrected chi connectivity index (χ1v) is 5.70. The average molecular weight is 215 g/mol. The topological polar surface area (TPSA) is 12.9 Å². The van der Waals surface area contributed by atoms with Crippen molar-refractivity contribution < 1.29 is 4.32 Å². The number of hydrogen-bond donors (Lipinski definition) is 0. The van der Waals surface area contributed by atoms with E-state index >= 15 is 0 Å². The molecule has 0 spiro atoms. The molecule has 82 valence electrons. The Bertz CT molecular complexity index is 498. The van der Waals surface area contributed by atoms with E-state index in [4.69, 9.17) is 0 Å². The molecule has 1 aromatic carbocycles. The number of halogens is 1. The lowest BCUT2D eigenvalue weighted by atomic mass is 9.63. The third-order valence-corrected chi connectivity index (χ3v) is 2.90. The first-order chi connectivity index (χ1) is 7.70. The molecule has 0 aliphatic carbocycles. The van der Waals surface area contributed by atoms with Crippen LogP contribution in [0.15, 0.2) is 30.3 Å². The molecule has 2 aromatic rings. The highest BCUT2D eigenvalue weighted by Crippen LogP contribution is 2.18. The molecule has 0 atom stereocenters. The molecule has 0 N–H and O–H groups in total. The highest BCUT2D eigenvalue weighted by atomic mass is 19.1. The lowest BCUT2D eigenvalue weighted by Gasteiger charge is -2.07. The van der Waals surface area contributed by atoms with Crippen LogP contribution in [-0.4, -0.2) is 12.0 Å². The number of benzene rings is 1. The summed E-state index contributed by atoms with van der Waals surface area (Å²) in [6, 6.07) is 10.0. The van der Waals surface area contributed by atoms with Gasteiger partial charge in [-0.05, 0) is 37.3 Å². The van der Waals surface area contributed by atoms with Crippen LogP contribution in [0, 0.1) is 6.92 Å². The minimum absolute atomic E-state index is 0.472. The van der Waals surface area contributed by atoms with E-state index < -0.39 is 6.99 Å². The maximum atomic E-state index is 13.4. The molecule has 0 saturated heterocycles. The zero-order valence-electron chi connectivity index (χ0n) is 9.70. The van der Waals surface area contributed by atoms with Crippen molar-refractivity contribution in [2.75, 3.05) is 0 Å². The zero-order valence-corrected chi connectivity index (χ0v) is 9.70. The molecule has 2 rings (SSSR count). The second-order valence-corrected chi connectivity index (χ2v) is 4.14. The van der Waals surface area contributed by atoms with E-state index in [0.29, 0.717) is 12.6 Å². The number of aryl methyl sites for hydroxylation is 1. The molecule has 1 nitrogen and oxygen atoms in total. The molecule has 0 bridgehead atoms. The quantitative estimate of drug-likeness (QED) is 0.712. The lowest BCUT2D eigenvalue weighted by molar-refractivity contribution is 0.808. The smallest absolute Gasteiger partial charge is 0.336 e. The minimum Gasteiger partial charge on any atom is -0.336 e. The van der Waals surface area contributed by atoms with Gasteiger partial charge in [-0.1, -0.05) is 25.1 Å². The number of hydrogen-bond acceptors (Lipinski definition) is 1. The highest BCUT2D eigenvalue weighted by Gasteiger charge is 2.14. The van der Waals surface area contributed by atoms with Crippen molar-refractivity contribution in [2.24, 2.45) is 0 Å². The highest BCUT2D eigenvalue weighted by molar-refractivity contribution is 6.50. The Morgan fingerprint density at radius 2 is 2.06 bits per heavy atom. The fraction of sp³-hybridized carbons (Fsp3) is 0.308. The van der Waals surface area contributed by atoms with Gasteiger partial charge >= 0.3 is 6.99 Å². The molecule has 0 unspecified atom stereocenters. The van der Waals surface area contributed by atoms with Crippen molar-refractivity contribution in [1.82, 2.24) is 4.98 Å². The van der Waals surface area contributed by atoms with E-state index in [0.717, 1.165) is 22.2 Å². The summed E-state index contributed by atoms with van der Waals surface area (Å²) in [6.45, 7) is 3.06. The van der Waals surface area contributed by atoms with Gasteiger partial charge in [0, 0.05) is 11.1 Å². The average Bonchev–Trinajstić information content (AvgIpc) is 2.30. The monoisotopic (exact) mass is 215 g/mol. The van der Waals surface area contributed by atoms with E-state index in [2.05, 4.69) is 11.1 Å². The maximum absolute atomic E-state index is 13.4. The fourth-order valence-corrected chi connectivity index (χ4v) is 1.85. The summed E-state index contributed by atoms with van der Waals surface area (Å²) in [5, 5.41) is 1.09. The summed E-state index contributed by atoms with van der Waals surface area (Å²) in [4.78, 5) is 4.50. The van der Waals surface area contributed by atoms with E-state index in [1.165, 1.54) is 0 Å². The van der Waals surface area contributed by atoms with Crippen LogP contribution in [-0.2, 0) is 6.32 Å². The molecule has 1 heterocycles. The second-order valence-electron chi connectivity index (χ2n) is 4.14. The van der Waals surface area contributed by atoms with Gasteiger partial charge in [0.05, 0.1) is 5.52 Å². The van der Waals surface area contributed by atoms with Crippen molar-refractivity contribution >= 4 is 17.9 Å².